The van der Waals surface area contributed by atoms with Crippen LogP contribution in [0, 0.1) is 5.92 Å². The van der Waals surface area contributed by atoms with Crippen LogP contribution in [0.5, 0.6) is 0 Å². The number of unbranched alkanes of at least 4 members (excludes halogenated alkanes) is 14. The summed E-state index contributed by atoms with van der Waals surface area (Å²) in [5.41, 5.74) is 0. The lowest BCUT2D eigenvalue weighted by molar-refractivity contribution is -0.145. The Bertz CT molecular complexity index is 304. The molecule has 0 fully saturated rings. The van der Waals surface area contributed by atoms with Gasteiger partial charge in [-0.15, -0.1) is 0 Å². The molecule has 0 aromatic rings. The third-order valence-corrected chi connectivity index (χ3v) is 5.44. The number of methoxy groups -OCH3 is 1. The van der Waals surface area contributed by atoms with Gasteiger partial charge in [-0.3, -0.25) is 4.79 Å². The van der Waals surface area contributed by atoms with Crippen LogP contribution in [-0.2, 0) is 14.3 Å². The van der Waals surface area contributed by atoms with Crippen LogP contribution in [0.4, 0.5) is 0 Å². The van der Waals surface area contributed by atoms with Crippen molar-refractivity contribution in [2.75, 3.05) is 20.3 Å². The Morgan fingerprint density at radius 1 is 0.667 bits per heavy atom. The molecule has 1 unspecified atom stereocenters. The summed E-state index contributed by atoms with van der Waals surface area (Å²) in [6.07, 6.45) is 21.7. The van der Waals surface area contributed by atoms with E-state index in [2.05, 4.69) is 13.8 Å². The Morgan fingerprint density at radius 3 is 1.52 bits per heavy atom. The molecule has 0 aromatic heterocycles. The predicted molar refractivity (Wildman–Crippen MR) is 116 cm³/mol. The van der Waals surface area contributed by atoms with E-state index >= 15 is 0 Å². The molecule has 0 N–H and O–H groups in total. The maximum Gasteiger partial charge on any atom is 0.305 e. The molecule has 0 aliphatic carbocycles. The fraction of sp³-hybridized carbons (Fsp3) is 0.958. The van der Waals surface area contributed by atoms with Crippen LogP contribution in [0.1, 0.15) is 123 Å². The molecule has 1 atom stereocenters. The fourth-order valence-electron chi connectivity index (χ4n) is 3.44. The van der Waals surface area contributed by atoms with Gasteiger partial charge in [0, 0.05) is 19.4 Å². The minimum Gasteiger partial charge on any atom is -0.465 e. The molecular formula is C24H48O3. The second-order valence-electron chi connectivity index (χ2n) is 8.11. The number of rotatable bonds is 21. The van der Waals surface area contributed by atoms with Crippen molar-refractivity contribution in [3.05, 3.63) is 0 Å². The van der Waals surface area contributed by atoms with Crippen molar-refractivity contribution < 1.29 is 14.3 Å². The van der Waals surface area contributed by atoms with Crippen LogP contribution in [-0.4, -0.2) is 26.3 Å². The molecule has 162 valence electrons. The third-order valence-electron chi connectivity index (χ3n) is 5.44. The predicted octanol–water partition coefficient (Wildman–Crippen LogP) is 7.46. The minimum absolute atomic E-state index is 0.0424. The molecule has 3 heteroatoms. The molecule has 3 nitrogen and oxygen atoms in total. The number of carbonyl (C=O) groups excluding carboxylic acids is 1. The van der Waals surface area contributed by atoms with Crippen LogP contribution in [0.15, 0.2) is 0 Å². The Morgan fingerprint density at radius 2 is 1.11 bits per heavy atom. The highest BCUT2D eigenvalue weighted by Gasteiger charge is 2.09. The number of carbonyl (C=O) groups is 1. The molecule has 0 radical (unpaired) electrons. The average Bonchev–Trinajstić information content (AvgIpc) is 2.68. The molecule has 0 saturated carbocycles. The van der Waals surface area contributed by atoms with Gasteiger partial charge >= 0.3 is 5.97 Å². The Labute approximate surface area is 170 Å². The smallest absolute Gasteiger partial charge is 0.305 e. The van der Waals surface area contributed by atoms with Crippen molar-refractivity contribution in [1.82, 2.24) is 0 Å². The van der Waals surface area contributed by atoms with Gasteiger partial charge in [-0.2, -0.15) is 0 Å². The van der Waals surface area contributed by atoms with Crippen LogP contribution in [0.3, 0.4) is 0 Å². The van der Waals surface area contributed by atoms with E-state index in [0.717, 1.165) is 19.3 Å². The standard InChI is InChI=1S/C24H48O3/c1-4-6-7-8-9-10-11-12-13-14-15-16-17-18-19-20-24(25)27-22-23(5-2)21-26-3/h23H,4-22H2,1-3H3. The first kappa shape index (κ1) is 26.4. The quantitative estimate of drug-likeness (QED) is 0.152. The Kier molecular flexibility index (Phi) is 21.3. The van der Waals surface area contributed by atoms with Gasteiger partial charge in [0.2, 0.25) is 0 Å². The van der Waals surface area contributed by atoms with Gasteiger partial charge in [-0.25, -0.2) is 0 Å². The Balaban J connectivity index is 3.23. The molecule has 0 heterocycles. The van der Waals surface area contributed by atoms with E-state index in [1.54, 1.807) is 7.11 Å². The van der Waals surface area contributed by atoms with E-state index in [4.69, 9.17) is 9.47 Å². The number of esters is 1. The number of ether oxygens (including phenoxy) is 2. The molecule has 0 aliphatic rings. The fourth-order valence-corrected chi connectivity index (χ4v) is 3.44. The monoisotopic (exact) mass is 384 g/mol. The van der Waals surface area contributed by atoms with Gasteiger partial charge in [0.15, 0.2) is 0 Å². The summed E-state index contributed by atoms with van der Waals surface area (Å²) in [5.74, 6) is 0.291. The molecule has 0 bridgehead atoms. The summed E-state index contributed by atoms with van der Waals surface area (Å²) in [6.45, 7) is 5.55. The topological polar surface area (TPSA) is 35.5 Å². The first-order valence-electron chi connectivity index (χ1n) is 11.9. The van der Waals surface area contributed by atoms with Crippen molar-refractivity contribution in [3.63, 3.8) is 0 Å². The maximum atomic E-state index is 11.7. The lowest BCUT2D eigenvalue weighted by Crippen LogP contribution is -2.17. The molecule has 0 saturated heterocycles. The summed E-state index contributed by atoms with van der Waals surface area (Å²) in [5, 5.41) is 0. The van der Waals surface area contributed by atoms with E-state index < -0.39 is 0 Å². The number of hydrogen-bond donors (Lipinski definition) is 0. The van der Waals surface area contributed by atoms with E-state index in [1.165, 1.54) is 83.5 Å². The van der Waals surface area contributed by atoms with E-state index in [-0.39, 0.29) is 5.97 Å². The molecule has 0 aromatic carbocycles. The van der Waals surface area contributed by atoms with Crippen LogP contribution >= 0.6 is 0 Å². The van der Waals surface area contributed by atoms with Gasteiger partial charge in [0.1, 0.15) is 0 Å². The largest absolute Gasteiger partial charge is 0.465 e. The average molecular weight is 385 g/mol. The zero-order chi connectivity index (χ0) is 20.0. The van der Waals surface area contributed by atoms with Crippen molar-refractivity contribution in [2.24, 2.45) is 5.92 Å². The van der Waals surface area contributed by atoms with Crippen molar-refractivity contribution in [3.8, 4) is 0 Å². The highest BCUT2D eigenvalue weighted by molar-refractivity contribution is 5.69. The van der Waals surface area contributed by atoms with Gasteiger partial charge in [0.05, 0.1) is 13.2 Å². The highest BCUT2D eigenvalue weighted by Crippen LogP contribution is 2.14. The minimum atomic E-state index is -0.0424. The molecule has 27 heavy (non-hydrogen) atoms. The third kappa shape index (κ3) is 20.0. The molecule has 0 aliphatic heterocycles. The SMILES string of the molecule is CCCCCCCCCCCCCCCCCC(=O)OCC(CC)COC. The first-order valence-corrected chi connectivity index (χ1v) is 11.9. The summed E-state index contributed by atoms with van der Waals surface area (Å²) in [6, 6.07) is 0. The van der Waals surface area contributed by atoms with Crippen molar-refractivity contribution in [2.45, 2.75) is 123 Å². The normalized spacial score (nSPS) is 12.3. The first-order chi connectivity index (χ1) is 13.2. The van der Waals surface area contributed by atoms with E-state index in [1.807, 2.05) is 0 Å². The van der Waals surface area contributed by atoms with Crippen LogP contribution < -0.4 is 0 Å². The zero-order valence-electron chi connectivity index (χ0n) is 18.7. The highest BCUT2D eigenvalue weighted by atomic mass is 16.5. The van der Waals surface area contributed by atoms with E-state index in [0.29, 0.717) is 25.6 Å². The van der Waals surface area contributed by atoms with Crippen molar-refractivity contribution in [1.29, 1.82) is 0 Å². The molecule has 0 spiro atoms. The second-order valence-corrected chi connectivity index (χ2v) is 8.11. The van der Waals surface area contributed by atoms with Crippen LogP contribution in [0.2, 0.25) is 0 Å². The van der Waals surface area contributed by atoms with Crippen LogP contribution in [0.25, 0.3) is 0 Å². The van der Waals surface area contributed by atoms with Gasteiger partial charge < -0.3 is 9.47 Å². The summed E-state index contributed by atoms with van der Waals surface area (Å²) >= 11 is 0. The molecule has 0 rings (SSSR count). The molecular weight excluding hydrogens is 336 g/mol. The van der Waals surface area contributed by atoms with Gasteiger partial charge in [-0.1, -0.05) is 104 Å². The summed E-state index contributed by atoms with van der Waals surface area (Å²) in [4.78, 5) is 11.7. The van der Waals surface area contributed by atoms with E-state index in [9.17, 15) is 4.79 Å². The lowest BCUT2D eigenvalue weighted by atomic mass is 10.0. The zero-order valence-corrected chi connectivity index (χ0v) is 18.7. The lowest BCUT2D eigenvalue weighted by Gasteiger charge is -2.13. The summed E-state index contributed by atoms with van der Waals surface area (Å²) in [7, 11) is 1.69. The summed E-state index contributed by atoms with van der Waals surface area (Å²) < 4.78 is 10.5. The van der Waals surface area contributed by atoms with Gasteiger partial charge in [0.25, 0.3) is 0 Å². The van der Waals surface area contributed by atoms with Gasteiger partial charge in [-0.05, 0) is 12.8 Å². The van der Waals surface area contributed by atoms with Crippen molar-refractivity contribution >= 4 is 5.97 Å². The number of hydrogen-bond acceptors (Lipinski definition) is 3. The maximum absolute atomic E-state index is 11.7. The second kappa shape index (κ2) is 21.7. The Hall–Kier alpha value is -0.570. The molecule has 0 amide bonds.